The van der Waals surface area contributed by atoms with Crippen LogP contribution in [0.4, 0.5) is 5.82 Å². The van der Waals surface area contributed by atoms with Crippen LogP contribution in [0.2, 0.25) is 0 Å². The van der Waals surface area contributed by atoms with Gasteiger partial charge in [-0.1, -0.05) is 13.8 Å². The fraction of sp³-hybridized carbons (Fsp3) is 0.600. The van der Waals surface area contributed by atoms with Gasteiger partial charge < -0.3 is 15.0 Å². The average Bonchev–Trinajstić information content (AvgIpc) is 2.52. The molecule has 1 aliphatic rings. The molecule has 1 aliphatic heterocycles. The molecule has 0 saturated carbocycles. The van der Waals surface area contributed by atoms with Crippen molar-refractivity contribution < 1.29 is 9.53 Å². The van der Waals surface area contributed by atoms with Crippen molar-refractivity contribution in [3.63, 3.8) is 0 Å². The lowest BCUT2D eigenvalue weighted by atomic mass is 10.1. The number of aromatic nitrogens is 1. The lowest BCUT2D eigenvalue weighted by Gasteiger charge is -2.35. The van der Waals surface area contributed by atoms with E-state index in [0.717, 1.165) is 19.4 Å². The minimum Gasteiger partial charge on any atom is -0.377 e. The van der Waals surface area contributed by atoms with Gasteiger partial charge in [0.1, 0.15) is 5.82 Å². The molecule has 1 fully saturated rings. The maximum Gasteiger partial charge on any atom is 0.258 e. The fourth-order valence-corrected chi connectivity index (χ4v) is 2.38. The van der Waals surface area contributed by atoms with Gasteiger partial charge in [0, 0.05) is 19.3 Å². The van der Waals surface area contributed by atoms with Gasteiger partial charge in [0.25, 0.3) is 5.91 Å². The van der Waals surface area contributed by atoms with E-state index >= 15 is 0 Å². The SMILES string of the molecule is CCCNc1ncccc1C(=O)N1CCOCC1CC. The summed E-state index contributed by atoms with van der Waals surface area (Å²) >= 11 is 0. The van der Waals surface area contributed by atoms with Crippen LogP contribution in [-0.2, 0) is 4.74 Å². The number of amides is 1. The highest BCUT2D eigenvalue weighted by Crippen LogP contribution is 2.19. The standard InChI is InChI=1S/C15H23N3O2/c1-3-7-16-14-13(6-5-8-17-14)15(19)18-9-10-20-11-12(18)4-2/h5-6,8,12H,3-4,7,9-11H2,1-2H3,(H,16,17). The number of ether oxygens (including phenoxy) is 1. The van der Waals surface area contributed by atoms with Gasteiger partial charge in [-0.05, 0) is 25.0 Å². The van der Waals surface area contributed by atoms with E-state index in [1.54, 1.807) is 6.20 Å². The molecule has 1 atom stereocenters. The van der Waals surface area contributed by atoms with Crippen LogP contribution >= 0.6 is 0 Å². The Kier molecular flexibility index (Phi) is 5.35. The first-order valence-corrected chi connectivity index (χ1v) is 7.35. The summed E-state index contributed by atoms with van der Waals surface area (Å²) in [6.45, 7) is 6.88. The number of rotatable bonds is 5. The zero-order valence-corrected chi connectivity index (χ0v) is 12.3. The van der Waals surface area contributed by atoms with Gasteiger partial charge in [-0.25, -0.2) is 4.98 Å². The third-order valence-corrected chi connectivity index (χ3v) is 3.54. The number of carbonyl (C=O) groups is 1. The van der Waals surface area contributed by atoms with Crippen LogP contribution in [0.5, 0.6) is 0 Å². The first-order chi connectivity index (χ1) is 9.77. The van der Waals surface area contributed by atoms with Crippen molar-refractivity contribution >= 4 is 11.7 Å². The lowest BCUT2D eigenvalue weighted by molar-refractivity contribution is -0.00276. The van der Waals surface area contributed by atoms with Gasteiger partial charge >= 0.3 is 0 Å². The summed E-state index contributed by atoms with van der Waals surface area (Å²) in [5, 5.41) is 3.23. The number of morpholine rings is 1. The summed E-state index contributed by atoms with van der Waals surface area (Å²) in [7, 11) is 0. The van der Waals surface area contributed by atoms with Crippen LogP contribution in [0.3, 0.4) is 0 Å². The predicted octanol–water partition coefficient (Wildman–Crippen LogP) is 2.15. The quantitative estimate of drug-likeness (QED) is 0.896. The summed E-state index contributed by atoms with van der Waals surface area (Å²) in [4.78, 5) is 19.0. The molecule has 2 rings (SSSR count). The Balaban J connectivity index is 2.19. The van der Waals surface area contributed by atoms with Crippen LogP contribution in [0.25, 0.3) is 0 Å². The normalized spacial score (nSPS) is 18.9. The van der Waals surface area contributed by atoms with E-state index in [4.69, 9.17) is 4.74 Å². The molecule has 20 heavy (non-hydrogen) atoms. The smallest absolute Gasteiger partial charge is 0.258 e. The Labute approximate surface area is 120 Å². The number of pyridine rings is 1. The third kappa shape index (κ3) is 3.28. The molecule has 1 unspecified atom stereocenters. The van der Waals surface area contributed by atoms with Crippen LogP contribution in [0, 0.1) is 0 Å². The minimum absolute atomic E-state index is 0.0480. The van der Waals surface area contributed by atoms with Crippen molar-refractivity contribution in [1.82, 2.24) is 9.88 Å². The first kappa shape index (κ1) is 14.8. The van der Waals surface area contributed by atoms with Crippen molar-refractivity contribution in [2.75, 3.05) is 31.6 Å². The van der Waals surface area contributed by atoms with Crippen molar-refractivity contribution in [1.29, 1.82) is 0 Å². The second kappa shape index (κ2) is 7.24. The average molecular weight is 277 g/mol. The second-order valence-corrected chi connectivity index (χ2v) is 4.96. The Bertz CT molecular complexity index is 450. The van der Waals surface area contributed by atoms with Crippen molar-refractivity contribution in [3.8, 4) is 0 Å². The van der Waals surface area contributed by atoms with Crippen LogP contribution < -0.4 is 5.32 Å². The maximum atomic E-state index is 12.7. The molecule has 0 radical (unpaired) electrons. The Morgan fingerprint density at radius 3 is 3.15 bits per heavy atom. The molecule has 1 amide bonds. The van der Waals surface area contributed by atoms with E-state index in [9.17, 15) is 4.79 Å². The van der Waals surface area contributed by atoms with Gasteiger partial charge in [0.2, 0.25) is 0 Å². The molecule has 1 aromatic heterocycles. The highest BCUT2D eigenvalue weighted by molar-refractivity contribution is 5.99. The topological polar surface area (TPSA) is 54.5 Å². The number of anilines is 1. The van der Waals surface area contributed by atoms with Crippen LogP contribution in [0.1, 0.15) is 37.0 Å². The van der Waals surface area contributed by atoms with Crippen molar-refractivity contribution in [2.45, 2.75) is 32.7 Å². The number of nitrogens with one attached hydrogen (secondary N) is 1. The molecule has 5 nitrogen and oxygen atoms in total. The predicted molar refractivity (Wildman–Crippen MR) is 79.0 cm³/mol. The summed E-state index contributed by atoms with van der Waals surface area (Å²) in [6.07, 6.45) is 3.62. The highest BCUT2D eigenvalue weighted by Gasteiger charge is 2.28. The lowest BCUT2D eigenvalue weighted by Crippen LogP contribution is -2.48. The van der Waals surface area contributed by atoms with Gasteiger partial charge in [0.15, 0.2) is 0 Å². The Morgan fingerprint density at radius 2 is 2.40 bits per heavy atom. The van der Waals surface area contributed by atoms with Crippen molar-refractivity contribution in [2.24, 2.45) is 0 Å². The molecule has 1 aromatic rings. The van der Waals surface area contributed by atoms with Gasteiger partial charge in [-0.3, -0.25) is 4.79 Å². The molecule has 0 aliphatic carbocycles. The number of carbonyl (C=O) groups excluding carboxylic acids is 1. The third-order valence-electron chi connectivity index (χ3n) is 3.54. The minimum atomic E-state index is 0.0480. The van der Waals surface area contributed by atoms with Crippen LogP contribution in [0.15, 0.2) is 18.3 Å². The van der Waals surface area contributed by atoms with Gasteiger partial charge in [0.05, 0.1) is 24.8 Å². The van der Waals surface area contributed by atoms with E-state index in [0.29, 0.717) is 31.1 Å². The molecule has 2 heterocycles. The fourth-order valence-electron chi connectivity index (χ4n) is 2.38. The first-order valence-electron chi connectivity index (χ1n) is 7.35. The molecule has 0 bridgehead atoms. The van der Waals surface area contributed by atoms with E-state index in [1.165, 1.54) is 0 Å². The maximum absolute atomic E-state index is 12.7. The number of nitrogens with zero attached hydrogens (tertiary/aromatic N) is 2. The zero-order chi connectivity index (χ0) is 14.4. The molecule has 5 heteroatoms. The second-order valence-electron chi connectivity index (χ2n) is 4.96. The molecule has 1 N–H and O–H groups in total. The van der Waals surface area contributed by atoms with Gasteiger partial charge in [-0.2, -0.15) is 0 Å². The summed E-state index contributed by atoms with van der Waals surface area (Å²) in [6, 6.07) is 3.82. The Hall–Kier alpha value is -1.62. The van der Waals surface area contributed by atoms with Crippen molar-refractivity contribution in [3.05, 3.63) is 23.9 Å². The highest BCUT2D eigenvalue weighted by atomic mass is 16.5. The molecule has 0 aromatic carbocycles. The van der Waals surface area contributed by atoms with E-state index in [1.807, 2.05) is 17.0 Å². The Morgan fingerprint density at radius 1 is 1.55 bits per heavy atom. The zero-order valence-electron chi connectivity index (χ0n) is 12.3. The molecule has 0 spiro atoms. The van der Waals surface area contributed by atoms with Gasteiger partial charge in [-0.15, -0.1) is 0 Å². The number of hydrogen-bond donors (Lipinski definition) is 1. The van der Waals surface area contributed by atoms with E-state index < -0.39 is 0 Å². The molecular weight excluding hydrogens is 254 g/mol. The number of hydrogen-bond acceptors (Lipinski definition) is 4. The van der Waals surface area contributed by atoms with E-state index in [-0.39, 0.29) is 11.9 Å². The van der Waals surface area contributed by atoms with Crippen LogP contribution in [-0.4, -0.2) is 48.1 Å². The summed E-state index contributed by atoms with van der Waals surface area (Å²) in [5.74, 6) is 0.729. The molecule has 1 saturated heterocycles. The molecular formula is C15H23N3O2. The monoisotopic (exact) mass is 277 g/mol. The summed E-state index contributed by atoms with van der Waals surface area (Å²) in [5.41, 5.74) is 0.654. The molecule has 110 valence electrons. The van der Waals surface area contributed by atoms with E-state index in [2.05, 4.69) is 24.1 Å². The summed E-state index contributed by atoms with van der Waals surface area (Å²) < 4.78 is 5.46. The largest absolute Gasteiger partial charge is 0.377 e.